The van der Waals surface area contributed by atoms with Crippen LogP contribution in [0, 0.1) is 5.82 Å². The number of hydrogen-bond donors (Lipinski definition) is 2. The summed E-state index contributed by atoms with van der Waals surface area (Å²) < 4.78 is 27.2. The van der Waals surface area contributed by atoms with Gasteiger partial charge in [0.1, 0.15) is 18.0 Å². The highest BCUT2D eigenvalue weighted by Gasteiger charge is 2.26. The molecule has 2 saturated heterocycles. The van der Waals surface area contributed by atoms with Crippen molar-refractivity contribution in [3.8, 4) is 11.5 Å². The van der Waals surface area contributed by atoms with Crippen molar-refractivity contribution in [1.82, 2.24) is 0 Å². The second kappa shape index (κ2) is 5.99. The minimum absolute atomic E-state index is 0.309. The van der Waals surface area contributed by atoms with Gasteiger partial charge in [0.15, 0.2) is 11.5 Å². The maximum atomic E-state index is 12.1. The Labute approximate surface area is 104 Å². The SMILES string of the molecule is C(OCC1CO1)C1CO1.Oc1ccc(F)cc1O. The fraction of sp³-hybridized carbons (Fsp3) is 0.500. The summed E-state index contributed by atoms with van der Waals surface area (Å²) >= 11 is 0. The van der Waals surface area contributed by atoms with Gasteiger partial charge in [0.2, 0.25) is 0 Å². The van der Waals surface area contributed by atoms with Crippen molar-refractivity contribution in [3.63, 3.8) is 0 Å². The van der Waals surface area contributed by atoms with Crippen LogP contribution in [0.2, 0.25) is 0 Å². The highest BCUT2D eigenvalue weighted by Crippen LogP contribution is 2.23. The van der Waals surface area contributed by atoms with E-state index < -0.39 is 11.6 Å². The first-order valence-electron chi connectivity index (χ1n) is 5.63. The minimum atomic E-state index is -0.565. The standard InChI is InChI=1S/C6H5FO2.C6H10O3/c7-4-1-2-5(8)6(9)3-4;1(5-3-8-5)7-2-6-4-9-6/h1-3,8-9H;5-6H,1-4H2. The number of phenols is 2. The Balaban J connectivity index is 0.000000134. The van der Waals surface area contributed by atoms with E-state index in [9.17, 15) is 4.39 Å². The highest BCUT2D eigenvalue weighted by molar-refractivity contribution is 5.36. The second-order valence-electron chi connectivity index (χ2n) is 4.08. The Morgan fingerprint density at radius 2 is 1.67 bits per heavy atom. The van der Waals surface area contributed by atoms with Crippen molar-refractivity contribution >= 4 is 0 Å². The quantitative estimate of drug-likeness (QED) is 0.623. The lowest BCUT2D eigenvalue weighted by molar-refractivity contribution is 0.102. The smallest absolute Gasteiger partial charge is 0.160 e. The van der Waals surface area contributed by atoms with Crippen LogP contribution in [0.1, 0.15) is 0 Å². The van der Waals surface area contributed by atoms with Crippen LogP contribution in [0.3, 0.4) is 0 Å². The average molecular weight is 258 g/mol. The molecule has 1 aromatic rings. The van der Waals surface area contributed by atoms with Gasteiger partial charge in [-0.3, -0.25) is 0 Å². The Kier molecular flexibility index (Phi) is 4.35. The molecule has 2 aliphatic rings. The molecule has 0 aliphatic carbocycles. The number of benzene rings is 1. The van der Waals surface area contributed by atoms with Crippen LogP contribution in [-0.2, 0) is 14.2 Å². The molecule has 6 heteroatoms. The number of rotatable bonds is 4. The van der Waals surface area contributed by atoms with Gasteiger partial charge in [-0.2, -0.15) is 0 Å². The molecule has 2 N–H and O–H groups in total. The third kappa shape index (κ3) is 4.87. The van der Waals surface area contributed by atoms with E-state index in [0.717, 1.165) is 44.6 Å². The summed E-state index contributed by atoms with van der Waals surface area (Å²) in [5, 5.41) is 17.2. The molecule has 2 atom stereocenters. The lowest BCUT2D eigenvalue weighted by Crippen LogP contribution is -2.06. The maximum absolute atomic E-state index is 12.1. The van der Waals surface area contributed by atoms with Gasteiger partial charge in [0, 0.05) is 6.07 Å². The van der Waals surface area contributed by atoms with E-state index in [1.807, 2.05) is 0 Å². The molecule has 100 valence electrons. The van der Waals surface area contributed by atoms with E-state index in [0.29, 0.717) is 12.2 Å². The van der Waals surface area contributed by atoms with Crippen LogP contribution in [0.25, 0.3) is 0 Å². The average Bonchev–Trinajstić information content (AvgIpc) is 3.18. The predicted molar refractivity (Wildman–Crippen MR) is 60.0 cm³/mol. The topological polar surface area (TPSA) is 74.8 Å². The second-order valence-corrected chi connectivity index (χ2v) is 4.08. The number of halogens is 1. The molecule has 2 aliphatic heterocycles. The Bertz CT molecular complexity index is 378. The first-order valence-corrected chi connectivity index (χ1v) is 5.63. The van der Waals surface area contributed by atoms with E-state index in [2.05, 4.69) is 0 Å². The van der Waals surface area contributed by atoms with E-state index in [4.69, 9.17) is 24.4 Å². The third-order valence-electron chi connectivity index (χ3n) is 2.35. The number of ether oxygens (including phenoxy) is 3. The van der Waals surface area contributed by atoms with E-state index in [-0.39, 0.29) is 5.75 Å². The molecule has 0 aromatic heterocycles. The summed E-state index contributed by atoms with van der Waals surface area (Å²) in [5.74, 6) is -1.31. The van der Waals surface area contributed by atoms with Gasteiger partial charge in [-0.15, -0.1) is 0 Å². The molecule has 3 rings (SSSR count). The summed E-state index contributed by atoms with van der Waals surface area (Å²) in [6.07, 6.45) is 0.785. The van der Waals surface area contributed by atoms with Gasteiger partial charge < -0.3 is 24.4 Å². The van der Waals surface area contributed by atoms with Crippen molar-refractivity contribution in [2.24, 2.45) is 0 Å². The van der Waals surface area contributed by atoms with Gasteiger partial charge >= 0.3 is 0 Å². The number of hydrogen-bond acceptors (Lipinski definition) is 5. The molecule has 1 aromatic carbocycles. The lowest BCUT2D eigenvalue weighted by atomic mass is 10.3. The molecule has 2 unspecified atom stereocenters. The van der Waals surface area contributed by atoms with Crippen molar-refractivity contribution in [1.29, 1.82) is 0 Å². The van der Waals surface area contributed by atoms with Crippen LogP contribution in [0.4, 0.5) is 4.39 Å². The van der Waals surface area contributed by atoms with E-state index in [1.54, 1.807) is 0 Å². The van der Waals surface area contributed by atoms with Crippen LogP contribution < -0.4 is 0 Å². The molecule has 0 bridgehead atoms. The molecule has 0 radical (unpaired) electrons. The molecular formula is C12H15FO5. The van der Waals surface area contributed by atoms with E-state index >= 15 is 0 Å². The molecule has 0 amide bonds. The summed E-state index contributed by atoms with van der Waals surface area (Å²) in [6, 6.07) is 3.00. The summed E-state index contributed by atoms with van der Waals surface area (Å²) in [7, 11) is 0. The summed E-state index contributed by atoms with van der Waals surface area (Å²) in [5.41, 5.74) is 0. The van der Waals surface area contributed by atoms with Crippen LogP contribution in [0.5, 0.6) is 11.5 Å². The van der Waals surface area contributed by atoms with E-state index in [1.165, 1.54) is 0 Å². The lowest BCUT2D eigenvalue weighted by Gasteiger charge is -1.95. The largest absolute Gasteiger partial charge is 0.504 e. The Hall–Kier alpha value is -1.37. The van der Waals surface area contributed by atoms with Crippen molar-refractivity contribution < 1.29 is 28.8 Å². The fourth-order valence-electron chi connectivity index (χ4n) is 1.16. The normalized spacial score (nSPS) is 24.1. The molecule has 0 spiro atoms. The number of aromatic hydroxyl groups is 2. The zero-order valence-electron chi connectivity index (χ0n) is 9.71. The van der Waals surface area contributed by atoms with Crippen LogP contribution in [0.15, 0.2) is 18.2 Å². The third-order valence-corrected chi connectivity index (χ3v) is 2.35. The van der Waals surface area contributed by atoms with Crippen molar-refractivity contribution in [3.05, 3.63) is 24.0 Å². The first-order chi connectivity index (χ1) is 8.65. The predicted octanol–water partition coefficient (Wildman–Crippen LogP) is 1.04. The van der Waals surface area contributed by atoms with Gasteiger partial charge in [0.05, 0.1) is 26.4 Å². The minimum Gasteiger partial charge on any atom is -0.504 e. The Morgan fingerprint density at radius 3 is 2.06 bits per heavy atom. The Morgan fingerprint density at radius 1 is 1.11 bits per heavy atom. The van der Waals surface area contributed by atoms with Crippen molar-refractivity contribution in [2.45, 2.75) is 12.2 Å². The first kappa shape index (κ1) is 13.1. The number of phenolic OH excluding ortho intramolecular Hbond substituents is 2. The molecular weight excluding hydrogens is 243 g/mol. The zero-order valence-corrected chi connectivity index (χ0v) is 9.71. The summed E-state index contributed by atoms with van der Waals surface area (Å²) in [4.78, 5) is 0. The zero-order chi connectivity index (χ0) is 13.0. The molecule has 2 fully saturated rings. The highest BCUT2D eigenvalue weighted by atomic mass is 19.1. The molecule has 0 saturated carbocycles. The fourth-order valence-corrected chi connectivity index (χ4v) is 1.16. The summed E-state index contributed by atoms with van der Waals surface area (Å²) in [6.45, 7) is 3.26. The monoisotopic (exact) mass is 258 g/mol. The number of epoxide rings is 2. The molecule has 18 heavy (non-hydrogen) atoms. The van der Waals surface area contributed by atoms with Gasteiger partial charge in [-0.1, -0.05) is 0 Å². The maximum Gasteiger partial charge on any atom is 0.160 e. The van der Waals surface area contributed by atoms with Crippen LogP contribution >= 0.6 is 0 Å². The molecule has 5 nitrogen and oxygen atoms in total. The van der Waals surface area contributed by atoms with Gasteiger partial charge in [-0.05, 0) is 12.1 Å². The van der Waals surface area contributed by atoms with Crippen molar-refractivity contribution in [2.75, 3.05) is 26.4 Å². The van der Waals surface area contributed by atoms with Gasteiger partial charge in [-0.25, -0.2) is 4.39 Å². The molecule has 2 heterocycles. The van der Waals surface area contributed by atoms with Crippen LogP contribution in [-0.4, -0.2) is 48.8 Å². The van der Waals surface area contributed by atoms with Gasteiger partial charge in [0.25, 0.3) is 0 Å².